The monoisotopic (exact) mass is 236 g/mol. The van der Waals surface area contributed by atoms with Gasteiger partial charge < -0.3 is 14.6 Å². The van der Waals surface area contributed by atoms with Crippen molar-refractivity contribution in [3.8, 4) is 0 Å². The van der Waals surface area contributed by atoms with E-state index in [-0.39, 0.29) is 0 Å². The Morgan fingerprint density at radius 1 is 1.47 bits per heavy atom. The lowest BCUT2D eigenvalue weighted by atomic mass is 10.2. The zero-order valence-corrected chi connectivity index (χ0v) is 11.0. The molecule has 17 heavy (non-hydrogen) atoms. The molecule has 0 aliphatic heterocycles. The van der Waals surface area contributed by atoms with E-state index in [2.05, 4.69) is 35.3 Å². The SMILES string of the molecule is CCCn1ccc(CNC2CCC(OC)C2)c1. The van der Waals surface area contributed by atoms with Gasteiger partial charge in [-0.2, -0.15) is 0 Å². The lowest BCUT2D eigenvalue weighted by Crippen LogP contribution is -2.26. The van der Waals surface area contributed by atoms with Crippen molar-refractivity contribution in [1.82, 2.24) is 9.88 Å². The minimum atomic E-state index is 0.470. The van der Waals surface area contributed by atoms with Crippen LogP contribution in [0.4, 0.5) is 0 Å². The molecule has 0 saturated heterocycles. The third-order valence-electron chi connectivity index (χ3n) is 3.61. The molecular formula is C14H24N2O. The Kier molecular flexibility index (Phi) is 4.63. The molecule has 0 amide bonds. The summed E-state index contributed by atoms with van der Waals surface area (Å²) in [4.78, 5) is 0. The summed E-state index contributed by atoms with van der Waals surface area (Å²) in [6.45, 7) is 4.31. The average Bonchev–Trinajstić information content (AvgIpc) is 2.95. The number of aryl methyl sites for hydroxylation is 1. The summed E-state index contributed by atoms with van der Waals surface area (Å²) in [5.41, 5.74) is 1.39. The third-order valence-corrected chi connectivity index (χ3v) is 3.61. The summed E-state index contributed by atoms with van der Waals surface area (Å²) < 4.78 is 7.65. The van der Waals surface area contributed by atoms with E-state index in [1.54, 1.807) is 0 Å². The standard InChI is InChI=1S/C14H24N2O/c1-3-7-16-8-6-12(11-16)10-15-13-4-5-14(9-13)17-2/h6,8,11,13-15H,3-5,7,9-10H2,1-2H3. The largest absolute Gasteiger partial charge is 0.381 e. The van der Waals surface area contributed by atoms with E-state index in [1.807, 2.05) is 7.11 Å². The highest BCUT2D eigenvalue weighted by Crippen LogP contribution is 2.21. The molecule has 1 saturated carbocycles. The first-order chi connectivity index (χ1) is 8.31. The highest BCUT2D eigenvalue weighted by molar-refractivity contribution is 5.10. The van der Waals surface area contributed by atoms with Crippen LogP contribution in [0.2, 0.25) is 0 Å². The molecule has 1 N–H and O–H groups in total. The van der Waals surface area contributed by atoms with Crippen molar-refractivity contribution >= 4 is 0 Å². The zero-order valence-electron chi connectivity index (χ0n) is 11.0. The minimum absolute atomic E-state index is 0.470. The van der Waals surface area contributed by atoms with Crippen LogP contribution < -0.4 is 5.32 Å². The van der Waals surface area contributed by atoms with Crippen molar-refractivity contribution in [3.63, 3.8) is 0 Å². The number of methoxy groups -OCH3 is 1. The molecule has 2 atom stereocenters. The third kappa shape index (κ3) is 3.58. The number of aromatic nitrogens is 1. The summed E-state index contributed by atoms with van der Waals surface area (Å²) in [6, 6.07) is 2.85. The minimum Gasteiger partial charge on any atom is -0.381 e. The predicted molar refractivity (Wildman–Crippen MR) is 70.0 cm³/mol. The van der Waals surface area contributed by atoms with Crippen LogP contribution in [-0.2, 0) is 17.8 Å². The van der Waals surface area contributed by atoms with Crippen LogP contribution in [0.5, 0.6) is 0 Å². The summed E-state index contributed by atoms with van der Waals surface area (Å²) in [7, 11) is 1.82. The first-order valence-electron chi connectivity index (χ1n) is 6.72. The van der Waals surface area contributed by atoms with Crippen molar-refractivity contribution in [2.75, 3.05) is 7.11 Å². The fourth-order valence-corrected chi connectivity index (χ4v) is 2.59. The van der Waals surface area contributed by atoms with Gasteiger partial charge in [0.1, 0.15) is 0 Å². The van der Waals surface area contributed by atoms with Gasteiger partial charge in [-0.15, -0.1) is 0 Å². The van der Waals surface area contributed by atoms with Crippen molar-refractivity contribution in [2.24, 2.45) is 0 Å². The number of hydrogen-bond donors (Lipinski definition) is 1. The fourth-order valence-electron chi connectivity index (χ4n) is 2.59. The molecule has 96 valence electrons. The van der Waals surface area contributed by atoms with Crippen LogP contribution >= 0.6 is 0 Å². The van der Waals surface area contributed by atoms with Crippen LogP contribution in [0.3, 0.4) is 0 Å². The maximum absolute atomic E-state index is 5.39. The molecule has 1 aliphatic rings. The maximum atomic E-state index is 5.39. The average molecular weight is 236 g/mol. The Bertz CT molecular complexity index is 335. The topological polar surface area (TPSA) is 26.2 Å². The van der Waals surface area contributed by atoms with Gasteiger partial charge in [-0.1, -0.05) is 6.92 Å². The molecule has 1 aromatic rings. The van der Waals surface area contributed by atoms with Gasteiger partial charge in [-0.25, -0.2) is 0 Å². The summed E-state index contributed by atoms with van der Waals surface area (Å²) in [5, 5.41) is 3.62. The number of nitrogens with one attached hydrogen (secondary N) is 1. The summed E-state index contributed by atoms with van der Waals surface area (Å²) >= 11 is 0. The van der Waals surface area contributed by atoms with Gasteiger partial charge >= 0.3 is 0 Å². The molecule has 3 nitrogen and oxygen atoms in total. The molecule has 0 bridgehead atoms. The van der Waals surface area contributed by atoms with E-state index in [0.717, 1.165) is 19.5 Å². The van der Waals surface area contributed by atoms with Crippen molar-refractivity contribution in [2.45, 2.75) is 57.8 Å². The smallest absolute Gasteiger partial charge is 0.0586 e. The molecule has 0 radical (unpaired) electrons. The summed E-state index contributed by atoms with van der Waals surface area (Å²) in [6.07, 6.45) is 9.69. The van der Waals surface area contributed by atoms with Gasteiger partial charge in [-0.05, 0) is 37.3 Å². The quantitative estimate of drug-likeness (QED) is 0.821. The van der Waals surface area contributed by atoms with Gasteiger partial charge in [0.2, 0.25) is 0 Å². The maximum Gasteiger partial charge on any atom is 0.0586 e. The van der Waals surface area contributed by atoms with E-state index in [4.69, 9.17) is 4.74 Å². The van der Waals surface area contributed by atoms with E-state index < -0.39 is 0 Å². The number of hydrogen-bond acceptors (Lipinski definition) is 2. The Balaban J connectivity index is 1.74. The molecule has 2 rings (SSSR count). The summed E-state index contributed by atoms with van der Waals surface area (Å²) in [5.74, 6) is 0. The molecule has 0 aromatic carbocycles. The lowest BCUT2D eigenvalue weighted by Gasteiger charge is -2.11. The molecule has 1 aliphatic carbocycles. The second kappa shape index (κ2) is 6.22. The molecule has 1 aromatic heterocycles. The van der Waals surface area contributed by atoms with Crippen molar-refractivity contribution in [3.05, 3.63) is 24.0 Å². The molecule has 0 spiro atoms. The van der Waals surface area contributed by atoms with Crippen molar-refractivity contribution < 1.29 is 4.74 Å². The molecule has 1 heterocycles. The first-order valence-corrected chi connectivity index (χ1v) is 6.72. The van der Waals surface area contributed by atoms with E-state index in [9.17, 15) is 0 Å². The van der Waals surface area contributed by atoms with Gasteiger partial charge in [0.15, 0.2) is 0 Å². The van der Waals surface area contributed by atoms with Crippen LogP contribution in [0.1, 0.15) is 38.2 Å². The number of rotatable bonds is 6. The Morgan fingerprint density at radius 3 is 3.06 bits per heavy atom. The van der Waals surface area contributed by atoms with Crippen LogP contribution in [0, 0.1) is 0 Å². The van der Waals surface area contributed by atoms with Gasteiger partial charge in [0.05, 0.1) is 6.10 Å². The highest BCUT2D eigenvalue weighted by atomic mass is 16.5. The lowest BCUT2D eigenvalue weighted by molar-refractivity contribution is 0.107. The van der Waals surface area contributed by atoms with E-state index in [1.165, 1.54) is 24.8 Å². The fraction of sp³-hybridized carbons (Fsp3) is 0.714. The number of nitrogens with zero attached hydrogens (tertiary/aromatic N) is 1. The predicted octanol–water partition coefficient (Wildman–Crippen LogP) is 2.56. The zero-order chi connectivity index (χ0) is 12.1. The van der Waals surface area contributed by atoms with E-state index >= 15 is 0 Å². The molecular weight excluding hydrogens is 212 g/mol. The second-order valence-electron chi connectivity index (χ2n) is 5.01. The number of ether oxygens (including phenoxy) is 1. The normalized spacial score (nSPS) is 24.4. The Labute approximate surface area is 104 Å². The second-order valence-corrected chi connectivity index (χ2v) is 5.01. The van der Waals surface area contributed by atoms with Crippen LogP contribution in [-0.4, -0.2) is 23.8 Å². The van der Waals surface area contributed by atoms with Gasteiger partial charge in [0.25, 0.3) is 0 Å². The molecule has 3 heteroatoms. The highest BCUT2D eigenvalue weighted by Gasteiger charge is 2.23. The van der Waals surface area contributed by atoms with Gasteiger partial charge in [0, 0.05) is 38.6 Å². The Hall–Kier alpha value is -0.800. The Morgan fingerprint density at radius 2 is 2.35 bits per heavy atom. The van der Waals surface area contributed by atoms with Crippen molar-refractivity contribution in [1.29, 1.82) is 0 Å². The molecule has 2 unspecified atom stereocenters. The first kappa shape index (κ1) is 12.7. The van der Waals surface area contributed by atoms with Crippen LogP contribution in [0.25, 0.3) is 0 Å². The van der Waals surface area contributed by atoms with Crippen LogP contribution in [0.15, 0.2) is 18.5 Å². The molecule has 1 fully saturated rings. The van der Waals surface area contributed by atoms with Gasteiger partial charge in [-0.3, -0.25) is 0 Å². The van der Waals surface area contributed by atoms with E-state index in [0.29, 0.717) is 12.1 Å².